The minimum absolute atomic E-state index is 0.102. The zero-order valence-electron chi connectivity index (χ0n) is 11.9. The fourth-order valence-corrected chi connectivity index (χ4v) is 2.47. The van der Waals surface area contributed by atoms with Gasteiger partial charge in [0.2, 0.25) is 0 Å². The molecule has 0 aliphatic carbocycles. The first-order chi connectivity index (χ1) is 11.0. The molecular formula is C15H10ClN3O4. The summed E-state index contributed by atoms with van der Waals surface area (Å²) < 4.78 is 5.05. The number of rotatable bonds is 3. The number of nitro benzene ring substituents is 1. The Morgan fingerprint density at radius 2 is 2.04 bits per heavy atom. The Morgan fingerprint density at radius 1 is 1.26 bits per heavy atom. The van der Waals surface area contributed by atoms with E-state index in [-0.39, 0.29) is 11.4 Å². The molecule has 0 saturated heterocycles. The smallest absolute Gasteiger partial charge is 0.275 e. The van der Waals surface area contributed by atoms with Crippen molar-refractivity contribution >= 4 is 40.3 Å². The molecule has 23 heavy (non-hydrogen) atoms. The molecule has 0 bridgehead atoms. The van der Waals surface area contributed by atoms with Gasteiger partial charge in [0, 0.05) is 17.7 Å². The predicted molar refractivity (Wildman–Crippen MR) is 85.9 cm³/mol. The molecule has 7 nitrogen and oxygen atoms in total. The minimum atomic E-state index is -0.523. The van der Waals surface area contributed by atoms with Crippen molar-refractivity contribution in [2.45, 2.75) is 0 Å². The minimum Gasteiger partial charge on any atom is -0.495 e. The van der Waals surface area contributed by atoms with Crippen LogP contribution in [0.25, 0.3) is 0 Å². The van der Waals surface area contributed by atoms with Crippen molar-refractivity contribution in [3.8, 4) is 5.75 Å². The van der Waals surface area contributed by atoms with Gasteiger partial charge >= 0.3 is 0 Å². The third-order valence-corrected chi connectivity index (χ3v) is 3.60. The molecule has 1 heterocycles. The molecule has 0 radical (unpaired) electrons. The lowest BCUT2D eigenvalue weighted by molar-refractivity contribution is -0.384. The van der Waals surface area contributed by atoms with Crippen molar-refractivity contribution in [1.29, 1.82) is 0 Å². The summed E-state index contributed by atoms with van der Waals surface area (Å²) in [5.41, 5.74) is 1.31. The van der Waals surface area contributed by atoms with Gasteiger partial charge < -0.3 is 10.1 Å². The lowest BCUT2D eigenvalue weighted by Gasteiger charge is -2.03. The van der Waals surface area contributed by atoms with E-state index in [1.807, 2.05) is 0 Å². The number of aliphatic imine (C=N–C) groups is 1. The summed E-state index contributed by atoms with van der Waals surface area (Å²) in [6, 6.07) is 8.94. The van der Waals surface area contributed by atoms with Crippen LogP contribution in [0.1, 0.15) is 5.56 Å². The fourth-order valence-electron chi connectivity index (χ4n) is 2.22. The SMILES string of the molecule is COc1ccc(N=C2C(=O)Nc3ccc([N+](=O)[O-])cc32)cc1Cl. The lowest BCUT2D eigenvalue weighted by atomic mass is 10.1. The molecule has 1 amide bonds. The van der Waals surface area contributed by atoms with Gasteiger partial charge in [-0.2, -0.15) is 0 Å². The number of nitrogens with zero attached hydrogens (tertiary/aromatic N) is 2. The van der Waals surface area contributed by atoms with E-state index in [2.05, 4.69) is 10.3 Å². The third-order valence-electron chi connectivity index (χ3n) is 3.31. The largest absolute Gasteiger partial charge is 0.495 e. The molecule has 116 valence electrons. The van der Waals surface area contributed by atoms with E-state index in [1.165, 1.54) is 25.3 Å². The highest BCUT2D eigenvalue weighted by atomic mass is 35.5. The molecule has 2 aromatic carbocycles. The monoisotopic (exact) mass is 331 g/mol. The standard InChI is InChI=1S/C15H10ClN3O4/c1-23-13-5-2-8(6-11(13)16)17-14-10-7-9(19(21)22)3-4-12(10)18-15(14)20/h2-7H,1H3,(H,17,18,20). The number of ether oxygens (including phenoxy) is 1. The summed E-state index contributed by atoms with van der Waals surface area (Å²) in [6.07, 6.45) is 0. The van der Waals surface area contributed by atoms with E-state index in [0.29, 0.717) is 27.7 Å². The Balaban J connectivity index is 2.07. The number of benzene rings is 2. The molecular weight excluding hydrogens is 322 g/mol. The molecule has 0 aromatic heterocycles. The van der Waals surface area contributed by atoms with E-state index in [1.54, 1.807) is 18.2 Å². The van der Waals surface area contributed by atoms with Gasteiger partial charge in [-0.1, -0.05) is 11.6 Å². The van der Waals surface area contributed by atoms with E-state index < -0.39 is 10.8 Å². The molecule has 3 rings (SSSR count). The molecule has 1 aliphatic heterocycles. The number of amides is 1. The van der Waals surface area contributed by atoms with Crippen molar-refractivity contribution in [2.75, 3.05) is 12.4 Å². The first-order valence-electron chi connectivity index (χ1n) is 6.52. The summed E-state index contributed by atoms with van der Waals surface area (Å²) in [4.78, 5) is 26.7. The molecule has 1 N–H and O–H groups in total. The van der Waals surface area contributed by atoms with Crippen molar-refractivity contribution < 1.29 is 14.5 Å². The highest BCUT2D eigenvalue weighted by Crippen LogP contribution is 2.32. The lowest BCUT2D eigenvalue weighted by Crippen LogP contribution is -2.13. The summed E-state index contributed by atoms with van der Waals surface area (Å²) >= 11 is 6.03. The number of non-ortho nitro benzene ring substituents is 1. The Morgan fingerprint density at radius 3 is 2.70 bits per heavy atom. The number of anilines is 1. The molecule has 1 aliphatic rings. The van der Waals surface area contributed by atoms with Gasteiger partial charge in [0.05, 0.1) is 28.4 Å². The third kappa shape index (κ3) is 2.74. The van der Waals surface area contributed by atoms with Crippen LogP contribution in [0, 0.1) is 10.1 Å². The first kappa shape index (κ1) is 15.0. The number of hydrogen-bond donors (Lipinski definition) is 1. The number of carbonyl (C=O) groups excluding carboxylic acids is 1. The summed E-state index contributed by atoms with van der Waals surface area (Å²) in [7, 11) is 1.49. The van der Waals surface area contributed by atoms with Gasteiger partial charge in [0.25, 0.3) is 11.6 Å². The van der Waals surface area contributed by atoms with Gasteiger partial charge in [-0.05, 0) is 24.3 Å². The van der Waals surface area contributed by atoms with Crippen LogP contribution >= 0.6 is 11.6 Å². The van der Waals surface area contributed by atoms with Crippen LogP contribution < -0.4 is 10.1 Å². The Labute approximate surface area is 135 Å². The number of nitro groups is 1. The predicted octanol–water partition coefficient (Wildman–Crippen LogP) is 3.33. The summed E-state index contributed by atoms with van der Waals surface area (Å²) in [6.45, 7) is 0. The van der Waals surface area contributed by atoms with Crippen molar-refractivity contribution in [1.82, 2.24) is 0 Å². The second kappa shape index (κ2) is 5.69. The zero-order chi connectivity index (χ0) is 16.6. The molecule has 2 aromatic rings. The van der Waals surface area contributed by atoms with Crippen LogP contribution in [-0.4, -0.2) is 23.7 Å². The van der Waals surface area contributed by atoms with E-state index >= 15 is 0 Å². The summed E-state index contributed by atoms with van der Waals surface area (Å²) in [5.74, 6) is 0.0648. The van der Waals surface area contributed by atoms with Gasteiger partial charge in [0.15, 0.2) is 0 Å². The number of nitrogens with one attached hydrogen (secondary N) is 1. The number of methoxy groups -OCH3 is 1. The normalized spacial score (nSPS) is 14.5. The highest BCUT2D eigenvalue weighted by molar-refractivity contribution is 6.54. The number of fused-ring (bicyclic) bond motifs is 1. The van der Waals surface area contributed by atoms with E-state index in [0.717, 1.165) is 0 Å². The maximum Gasteiger partial charge on any atom is 0.275 e. The van der Waals surface area contributed by atoms with Crippen LogP contribution in [0.5, 0.6) is 5.75 Å². The Hall–Kier alpha value is -2.93. The Kier molecular flexibility index (Phi) is 3.71. The molecule has 8 heteroatoms. The fraction of sp³-hybridized carbons (Fsp3) is 0.0667. The first-order valence-corrected chi connectivity index (χ1v) is 6.90. The van der Waals surface area contributed by atoms with Crippen LogP contribution in [-0.2, 0) is 4.79 Å². The van der Waals surface area contributed by atoms with Gasteiger partial charge in [-0.15, -0.1) is 0 Å². The van der Waals surface area contributed by atoms with E-state index in [4.69, 9.17) is 16.3 Å². The van der Waals surface area contributed by atoms with Gasteiger partial charge in [-0.25, -0.2) is 4.99 Å². The van der Waals surface area contributed by atoms with Crippen LogP contribution in [0.15, 0.2) is 41.4 Å². The molecule has 0 unspecified atom stereocenters. The van der Waals surface area contributed by atoms with Gasteiger partial charge in [-0.3, -0.25) is 14.9 Å². The van der Waals surface area contributed by atoms with E-state index in [9.17, 15) is 14.9 Å². The van der Waals surface area contributed by atoms with Crippen LogP contribution in [0.2, 0.25) is 5.02 Å². The molecule has 0 spiro atoms. The molecule has 0 fully saturated rings. The topological polar surface area (TPSA) is 93.8 Å². The summed E-state index contributed by atoms with van der Waals surface area (Å²) in [5, 5.41) is 13.9. The molecule has 0 atom stereocenters. The van der Waals surface area contributed by atoms with Crippen molar-refractivity contribution in [2.24, 2.45) is 4.99 Å². The second-order valence-electron chi connectivity index (χ2n) is 4.72. The average Bonchev–Trinajstić information content (AvgIpc) is 2.83. The number of halogens is 1. The maximum absolute atomic E-state index is 12.1. The van der Waals surface area contributed by atoms with Crippen LogP contribution in [0.3, 0.4) is 0 Å². The second-order valence-corrected chi connectivity index (χ2v) is 5.13. The Bertz CT molecular complexity index is 864. The van der Waals surface area contributed by atoms with Crippen LogP contribution in [0.4, 0.5) is 17.1 Å². The average molecular weight is 332 g/mol. The van der Waals surface area contributed by atoms with Gasteiger partial charge in [0.1, 0.15) is 11.5 Å². The number of hydrogen-bond acceptors (Lipinski definition) is 5. The number of carbonyl (C=O) groups is 1. The highest BCUT2D eigenvalue weighted by Gasteiger charge is 2.28. The van der Waals surface area contributed by atoms with Crippen molar-refractivity contribution in [3.05, 3.63) is 57.1 Å². The van der Waals surface area contributed by atoms with Crippen molar-refractivity contribution in [3.63, 3.8) is 0 Å². The quantitative estimate of drug-likeness (QED) is 0.689. The molecule has 0 saturated carbocycles. The maximum atomic E-state index is 12.1. The zero-order valence-corrected chi connectivity index (χ0v) is 12.6.